The second-order valence-electron chi connectivity index (χ2n) is 4.12. The summed E-state index contributed by atoms with van der Waals surface area (Å²) in [6.45, 7) is 1.95. The van der Waals surface area contributed by atoms with E-state index in [0.717, 1.165) is 20.6 Å². The van der Waals surface area contributed by atoms with E-state index in [1.807, 2.05) is 49.4 Å². The number of anilines is 1. The smallest absolute Gasteiger partial charge is 0.256 e. The van der Waals surface area contributed by atoms with Crippen molar-refractivity contribution in [2.75, 3.05) is 12.4 Å². The molecular weight excluding hydrogens is 353 g/mol. The molecule has 4 heteroatoms. The molecule has 0 bridgehead atoms. The molecule has 2 rings (SSSR count). The van der Waals surface area contributed by atoms with E-state index in [2.05, 4.69) is 27.9 Å². The monoisotopic (exact) mass is 367 g/mol. The number of carbonyl (C=O) groups is 1. The fraction of sp³-hybridized carbons (Fsp3) is 0.133. The van der Waals surface area contributed by atoms with Gasteiger partial charge in [-0.1, -0.05) is 12.1 Å². The van der Waals surface area contributed by atoms with Crippen LogP contribution in [-0.2, 0) is 0 Å². The average molecular weight is 367 g/mol. The molecule has 0 aliphatic heterocycles. The van der Waals surface area contributed by atoms with Crippen molar-refractivity contribution in [3.63, 3.8) is 0 Å². The van der Waals surface area contributed by atoms with Crippen molar-refractivity contribution in [3.8, 4) is 5.75 Å². The largest absolute Gasteiger partial charge is 0.496 e. The third kappa shape index (κ3) is 3.26. The summed E-state index contributed by atoms with van der Waals surface area (Å²) in [6, 6.07) is 13.1. The van der Waals surface area contributed by atoms with Crippen molar-refractivity contribution in [2.45, 2.75) is 6.92 Å². The Morgan fingerprint density at radius 1 is 1.21 bits per heavy atom. The molecule has 1 amide bonds. The Morgan fingerprint density at radius 3 is 2.58 bits per heavy atom. The highest BCUT2D eigenvalue weighted by molar-refractivity contribution is 14.1. The highest BCUT2D eigenvalue weighted by atomic mass is 127. The maximum Gasteiger partial charge on any atom is 0.256 e. The van der Waals surface area contributed by atoms with Crippen LogP contribution >= 0.6 is 22.6 Å². The van der Waals surface area contributed by atoms with E-state index in [9.17, 15) is 4.79 Å². The number of carbonyl (C=O) groups excluding carboxylic acids is 1. The van der Waals surface area contributed by atoms with E-state index >= 15 is 0 Å². The van der Waals surface area contributed by atoms with Gasteiger partial charge in [-0.2, -0.15) is 0 Å². The predicted octanol–water partition coefficient (Wildman–Crippen LogP) is 3.86. The lowest BCUT2D eigenvalue weighted by Crippen LogP contribution is -2.13. The van der Waals surface area contributed by atoms with Crippen LogP contribution in [0.25, 0.3) is 0 Å². The molecule has 98 valence electrons. The SMILES string of the molecule is COc1ccc(NC(=O)c2ccccc2I)cc1C. The Bertz CT molecular complexity index is 611. The molecule has 2 aromatic rings. The number of rotatable bonds is 3. The fourth-order valence-corrected chi connectivity index (χ4v) is 2.43. The molecule has 0 unspecified atom stereocenters. The lowest BCUT2D eigenvalue weighted by atomic mass is 10.1. The van der Waals surface area contributed by atoms with Gasteiger partial charge in [0.15, 0.2) is 0 Å². The van der Waals surface area contributed by atoms with Crippen LogP contribution in [0.15, 0.2) is 42.5 Å². The summed E-state index contributed by atoms with van der Waals surface area (Å²) in [5, 5.41) is 2.89. The molecule has 3 nitrogen and oxygen atoms in total. The third-order valence-corrected chi connectivity index (χ3v) is 3.71. The first-order valence-electron chi connectivity index (χ1n) is 5.82. The van der Waals surface area contributed by atoms with E-state index in [4.69, 9.17) is 4.74 Å². The van der Waals surface area contributed by atoms with E-state index in [1.54, 1.807) is 7.11 Å². The maximum atomic E-state index is 12.2. The minimum Gasteiger partial charge on any atom is -0.496 e. The zero-order valence-corrected chi connectivity index (χ0v) is 12.9. The Kier molecular flexibility index (Phi) is 4.42. The summed E-state index contributed by atoms with van der Waals surface area (Å²) in [5.74, 6) is 0.710. The number of benzene rings is 2. The second kappa shape index (κ2) is 6.06. The van der Waals surface area contributed by atoms with Gasteiger partial charge in [0.05, 0.1) is 12.7 Å². The van der Waals surface area contributed by atoms with Gasteiger partial charge in [0.25, 0.3) is 5.91 Å². The van der Waals surface area contributed by atoms with Crippen LogP contribution in [0.4, 0.5) is 5.69 Å². The normalized spacial score (nSPS) is 10.1. The van der Waals surface area contributed by atoms with Crippen molar-refractivity contribution in [1.82, 2.24) is 0 Å². The summed E-state index contributed by atoms with van der Waals surface area (Å²) in [5.41, 5.74) is 2.43. The highest BCUT2D eigenvalue weighted by Gasteiger charge is 2.10. The Hall–Kier alpha value is -1.56. The first-order valence-corrected chi connectivity index (χ1v) is 6.90. The van der Waals surface area contributed by atoms with Gasteiger partial charge in [-0.3, -0.25) is 4.79 Å². The van der Waals surface area contributed by atoms with Gasteiger partial charge in [-0.15, -0.1) is 0 Å². The number of methoxy groups -OCH3 is 1. The molecule has 0 saturated carbocycles. The molecule has 0 aromatic heterocycles. The predicted molar refractivity (Wildman–Crippen MR) is 84.8 cm³/mol. The summed E-state index contributed by atoms with van der Waals surface area (Å²) >= 11 is 2.16. The first-order chi connectivity index (χ1) is 9.11. The Labute approximate surface area is 126 Å². The summed E-state index contributed by atoms with van der Waals surface area (Å²) in [6.07, 6.45) is 0. The van der Waals surface area contributed by atoms with Crippen molar-refractivity contribution < 1.29 is 9.53 Å². The fourth-order valence-electron chi connectivity index (χ4n) is 1.80. The third-order valence-electron chi connectivity index (χ3n) is 2.77. The summed E-state index contributed by atoms with van der Waals surface area (Å²) < 4.78 is 6.13. The zero-order valence-electron chi connectivity index (χ0n) is 10.7. The van der Waals surface area contributed by atoms with Crippen LogP contribution in [0.3, 0.4) is 0 Å². The molecule has 0 aliphatic rings. The topological polar surface area (TPSA) is 38.3 Å². The number of nitrogens with one attached hydrogen (secondary N) is 1. The zero-order chi connectivity index (χ0) is 13.8. The van der Waals surface area contributed by atoms with Gasteiger partial charge in [0.2, 0.25) is 0 Å². The molecule has 0 radical (unpaired) electrons. The number of hydrogen-bond donors (Lipinski definition) is 1. The molecule has 0 spiro atoms. The molecule has 19 heavy (non-hydrogen) atoms. The second-order valence-corrected chi connectivity index (χ2v) is 5.28. The molecular formula is C15H14INO2. The maximum absolute atomic E-state index is 12.2. The van der Waals surface area contributed by atoms with Gasteiger partial charge in [0, 0.05) is 9.26 Å². The summed E-state index contributed by atoms with van der Waals surface area (Å²) in [7, 11) is 1.63. The number of halogens is 1. The minimum atomic E-state index is -0.102. The standard InChI is InChI=1S/C15H14INO2/c1-10-9-11(7-8-14(10)19-2)17-15(18)12-5-3-4-6-13(12)16/h3-9H,1-2H3,(H,17,18). The number of amides is 1. The van der Waals surface area contributed by atoms with Crippen molar-refractivity contribution in [1.29, 1.82) is 0 Å². The minimum absolute atomic E-state index is 0.102. The summed E-state index contributed by atoms with van der Waals surface area (Å²) in [4.78, 5) is 12.2. The van der Waals surface area contributed by atoms with Crippen molar-refractivity contribution >= 4 is 34.2 Å². The average Bonchev–Trinajstić information content (AvgIpc) is 2.39. The van der Waals surface area contributed by atoms with E-state index in [1.165, 1.54) is 0 Å². The molecule has 0 atom stereocenters. The van der Waals surface area contributed by atoms with E-state index < -0.39 is 0 Å². The lowest BCUT2D eigenvalue weighted by molar-refractivity contribution is 0.102. The Morgan fingerprint density at radius 2 is 1.95 bits per heavy atom. The number of hydrogen-bond acceptors (Lipinski definition) is 2. The first kappa shape index (κ1) is 13.9. The molecule has 0 aliphatic carbocycles. The number of aryl methyl sites for hydroxylation is 1. The Balaban J connectivity index is 2.20. The van der Waals surface area contributed by atoms with E-state index in [-0.39, 0.29) is 5.91 Å². The van der Waals surface area contributed by atoms with Gasteiger partial charge < -0.3 is 10.1 Å². The van der Waals surface area contributed by atoms with Crippen molar-refractivity contribution in [2.24, 2.45) is 0 Å². The molecule has 0 saturated heterocycles. The van der Waals surface area contributed by atoms with Crippen LogP contribution in [-0.4, -0.2) is 13.0 Å². The quantitative estimate of drug-likeness (QED) is 0.837. The number of ether oxygens (including phenoxy) is 1. The van der Waals surface area contributed by atoms with Crippen LogP contribution in [0.1, 0.15) is 15.9 Å². The highest BCUT2D eigenvalue weighted by Crippen LogP contribution is 2.22. The van der Waals surface area contributed by atoms with Crippen LogP contribution in [0.2, 0.25) is 0 Å². The molecule has 1 N–H and O–H groups in total. The molecule has 0 fully saturated rings. The van der Waals surface area contributed by atoms with E-state index in [0.29, 0.717) is 5.56 Å². The van der Waals surface area contributed by atoms with Gasteiger partial charge in [-0.05, 0) is 65.4 Å². The van der Waals surface area contributed by atoms with Crippen LogP contribution < -0.4 is 10.1 Å². The van der Waals surface area contributed by atoms with Crippen molar-refractivity contribution in [3.05, 3.63) is 57.2 Å². The molecule has 2 aromatic carbocycles. The van der Waals surface area contributed by atoms with Gasteiger partial charge in [0.1, 0.15) is 5.75 Å². The van der Waals surface area contributed by atoms with Crippen LogP contribution in [0.5, 0.6) is 5.75 Å². The van der Waals surface area contributed by atoms with Crippen LogP contribution in [0, 0.1) is 10.5 Å². The lowest BCUT2D eigenvalue weighted by Gasteiger charge is -2.09. The molecule has 0 heterocycles. The van der Waals surface area contributed by atoms with Gasteiger partial charge >= 0.3 is 0 Å². The van der Waals surface area contributed by atoms with Gasteiger partial charge in [-0.25, -0.2) is 0 Å².